The molecule has 0 saturated carbocycles. The SMILES string of the molecule is CC(C)CNC(=O)COc1cc(Cl)ccc1C(N)=S. The second-order valence-corrected chi connectivity index (χ2v) is 5.37. The molecule has 0 saturated heterocycles. The lowest BCUT2D eigenvalue weighted by Gasteiger charge is -2.12. The topological polar surface area (TPSA) is 64.3 Å². The summed E-state index contributed by atoms with van der Waals surface area (Å²) in [5.41, 5.74) is 6.14. The van der Waals surface area contributed by atoms with Crippen molar-refractivity contribution in [3.05, 3.63) is 28.8 Å². The van der Waals surface area contributed by atoms with Gasteiger partial charge < -0.3 is 15.8 Å². The van der Waals surface area contributed by atoms with E-state index in [1.807, 2.05) is 13.8 Å². The van der Waals surface area contributed by atoms with E-state index in [-0.39, 0.29) is 17.5 Å². The first-order valence-corrected chi connectivity index (χ1v) is 6.67. The van der Waals surface area contributed by atoms with Crippen LogP contribution < -0.4 is 15.8 Å². The molecule has 0 aliphatic rings. The molecule has 0 bridgehead atoms. The zero-order valence-electron chi connectivity index (χ0n) is 10.9. The van der Waals surface area contributed by atoms with Crippen LogP contribution in [0.5, 0.6) is 5.75 Å². The Morgan fingerprint density at radius 2 is 2.21 bits per heavy atom. The van der Waals surface area contributed by atoms with Gasteiger partial charge in [0.15, 0.2) is 6.61 Å². The number of benzene rings is 1. The first-order chi connectivity index (χ1) is 8.90. The summed E-state index contributed by atoms with van der Waals surface area (Å²) in [6.07, 6.45) is 0. The standard InChI is InChI=1S/C13H17ClN2O2S/c1-8(2)6-16-12(17)7-18-11-5-9(14)3-4-10(11)13(15)19/h3-5,8H,6-7H2,1-2H3,(H2,15,19)(H,16,17). The molecule has 0 aromatic heterocycles. The van der Waals surface area contributed by atoms with Crippen LogP contribution in [-0.4, -0.2) is 24.0 Å². The highest BCUT2D eigenvalue weighted by Crippen LogP contribution is 2.23. The van der Waals surface area contributed by atoms with Gasteiger partial charge >= 0.3 is 0 Å². The van der Waals surface area contributed by atoms with E-state index in [0.29, 0.717) is 28.8 Å². The van der Waals surface area contributed by atoms with E-state index >= 15 is 0 Å². The maximum Gasteiger partial charge on any atom is 0.257 e. The average Bonchev–Trinajstić information content (AvgIpc) is 2.33. The zero-order valence-corrected chi connectivity index (χ0v) is 12.5. The van der Waals surface area contributed by atoms with Crippen molar-refractivity contribution in [2.45, 2.75) is 13.8 Å². The molecule has 0 aliphatic heterocycles. The molecule has 104 valence electrons. The minimum absolute atomic E-state index is 0.0946. The van der Waals surface area contributed by atoms with Crippen LogP contribution in [0.25, 0.3) is 0 Å². The Labute approximate surface area is 123 Å². The van der Waals surface area contributed by atoms with E-state index in [9.17, 15) is 4.79 Å². The molecule has 0 fully saturated rings. The smallest absolute Gasteiger partial charge is 0.257 e. The molecule has 0 radical (unpaired) electrons. The second-order valence-electron chi connectivity index (χ2n) is 4.49. The van der Waals surface area contributed by atoms with Crippen LogP contribution in [0, 0.1) is 5.92 Å². The third-order valence-electron chi connectivity index (χ3n) is 2.28. The first kappa shape index (κ1) is 15.7. The molecule has 0 heterocycles. The second kappa shape index (κ2) is 7.31. The van der Waals surface area contributed by atoms with Crippen LogP contribution in [0.1, 0.15) is 19.4 Å². The van der Waals surface area contributed by atoms with E-state index in [0.717, 1.165) is 0 Å². The summed E-state index contributed by atoms with van der Waals surface area (Å²) < 4.78 is 5.41. The molecule has 0 spiro atoms. The molecular weight excluding hydrogens is 284 g/mol. The number of hydrogen-bond acceptors (Lipinski definition) is 3. The van der Waals surface area contributed by atoms with Gasteiger partial charge in [0.05, 0.1) is 5.56 Å². The van der Waals surface area contributed by atoms with Crippen LogP contribution in [0.15, 0.2) is 18.2 Å². The molecule has 0 atom stereocenters. The van der Waals surface area contributed by atoms with E-state index in [1.54, 1.807) is 18.2 Å². The highest BCUT2D eigenvalue weighted by Gasteiger charge is 2.10. The van der Waals surface area contributed by atoms with Crippen molar-refractivity contribution in [3.8, 4) is 5.75 Å². The number of rotatable bonds is 6. The van der Waals surface area contributed by atoms with Crippen molar-refractivity contribution in [3.63, 3.8) is 0 Å². The summed E-state index contributed by atoms with van der Waals surface area (Å²) >= 11 is 10.8. The number of nitrogens with two attached hydrogens (primary N) is 1. The predicted octanol–water partition coefficient (Wildman–Crippen LogP) is 2.13. The Bertz CT molecular complexity index is 478. The van der Waals surface area contributed by atoms with Gasteiger partial charge in [-0.05, 0) is 24.1 Å². The van der Waals surface area contributed by atoms with Gasteiger partial charge in [-0.2, -0.15) is 0 Å². The molecule has 3 N–H and O–H groups in total. The van der Waals surface area contributed by atoms with Gasteiger partial charge in [-0.1, -0.05) is 37.7 Å². The molecule has 1 aromatic rings. The molecule has 6 heteroatoms. The van der Waals surface area contributed by atoms with Gasteiger partial charge in [0.1, 0.15) is 10.7 Å². The Morgan fingerprint density at radius 1 is 1.53 bits per heavy atom. The lowest BCUT2D eigenvalue weighted by atomic mass is 10.2. The normalized spacial score (nSPS) is 10.3. The Hall–Kier alpha value is -1.33. The number of thiocarbonyl (C=S) groups is 1. The number of nitrogens with one attached hydrogen (secondary N) is 1. The lowest BCUT2D eigenvalue weighted by molar-refractivity contribution is -0.123. The van der Waals surface area contributed by atoms with Crippen LogP contribution in [0.2, 0.25) is 5.02 Å². The largest absolute Gasteiger partial charge is 0.483 e. The maximum absolute atomic E-state index is 11.6. The van der Waals surface area contributed by atoms with Crippen LogP contribution in [0.3, 0.4) is 0 Å². The fraction of sp³-hybridized carbons (Fsp3) is 0.385. The van der Waals surface area contributed by atoms with Crippen molar-refractivity contribution in [2.75, 3.05) is 13.2 Å². The van der Waals surface area contributed by atoms with Crippen LogP contribution >= 0.6 is 23.8 Å². The van der Waals surface area contributed by atoms with Crippen molar-refractivity contribution in [1.29, 1.82) is 0 Å². The number of ether oxygens (including phenoxy) is 1. The first-order valence-electron chi connectivity index (χ1n) is 5.89. The van der Waals surface area contributed by atoms with E-state index in [1.165, 1.54) is 0 Å². The summed E-state index contributed by atoms with van der Waals surface area (Å²) in [6.45, 7) is 4.55. The van der Waals surface area contributed by atoms with E-state index in [4.69, 9.17) is 34.3 Å². The summed E-state index contributed by atoms with van der Waals surface area (Å²) in [7, 11) is 0. The van der Waals surface area contributed by atoms with Gasteiger partial charge in [-0.3, -0.25) is 4.79 Å². The van der Waals surface area contributed by atoms with Gasteiger partial charge in [-0.15, -0.1) is 0 Å². The number of halogens is 1. The number of amides is 1. The maximum atomic E-state index is 11.6. The quantitative estimate of drug-likeness (QED) is 0.790. The Morgan fingerprint density at radius 3 is 2.79 bits per heavy atom. The summed E-state index contributed by atoms with van der Waals surface area (Å²) in [5, 5.41) is 3.25. The van der Waals surface area contributed by atoms with Gasteiger partial charge in [0, 0.05) is 11.6 Å². The minimum Gasteiger partial charge on any atom is -0.483 e. The molecule has 1 rings (SSSR count). The molecule has 1 aromatic carbocycles. The number of carbonyl (C=O) groups excluding carboxylic acids is 1. The molecule has 4 nitrogen and oxygen atoms in total. The summed E-state index contributed by atoms with van der Waals surface area (Å²) in [4.78, 5) is 11.8. The molecule has 0 unspecified atom stereocenters. The van der Waals surface area contributed by atoms with Crippen LogP contribution in [-0.2, 0) is 4.79 Å². The fourth-order valence-corrected chi connectivity index (χ4v) is 1.66. The van der Waals surface area contributed by atoms with E-state index in [2.05, 4.69) is 5.32 Å². The molecule has 0 aliphatic carbocycles. The molecule has 1 amide bonds. The van der Waals surface area contributed by atoms with Crippen molar-refractivity contribution < 1.29 is 9.53 Å². The lowest BCUT2D eigenvalue weighted by Crippen LogP contribution is -2.32. The van der Waals surface area contributed by atoms with Gasteiger partial charge in [0.25, 0.3) is 5.91 Å². The van der Waals surface area contributed by atoms with Gasteiger partial charge in [0.2, 0.25) is 0 Å². The minimum atomic E-state index is -0.192. The Balaban J connectivity index is 2.64. The third kappa shape index (κ3) is 5.44. The van der Waals surface area contributed by atoms with E-state index < -0.39 is 0 Å². The molecule has 19 heavy (non-hydrogen) atoms. The summed E-state index contributed by atoms with van der Waals surface area (Å²) in [6, 6.07) is 4.93. The van der Waals surface area contributed by atoms with Crippen molar-refractivity contribution >= 4 is 34.7 Å². The average molecular weight is 301 g/mol. The molecular formula is C13H17ClN2O2S. The number of hydrogen-bond donors (Lipinski definition) is 2. The number of carbonyl (C=O) groups is 1. The van der Waals surface area contributed by atoms with Crippen molar-refractivity contribution in [2.24, 2.45) is 11.7 Å². The third-order valence-corrected chi connectivity index (χ3v) is 2.73. The zero-order chi connectivity index (χ0) is 14.4. The fourth-order valence-electron chi connectivity index (χ4n) is 1.33. The van der Waals surface area contributed by atoms with Crippen LogP contribution in [0.4, 0.5) is 0 Å². The Kier molecular flexibility index (Phi) is 6.05. The highest BCUT2D eigenvalue weighted by molar-refractivity contribution is 7.80. The predicted molar refractivity (Wildman–Crippen MR) is 80.7 cm³/mol. The van der Waals surface area contributed by atoms with Crippen molar-refractivity contribution in [1.82, 2.24) is 5.32 Å². The summed E-state index contributed by atoms with van der Waals surface area (Å²) in [5.74, 6) is 0.615. The highest BCUT2D eigenvalue weighted by atomic mass is 35.5. The monoisotopic (exact) mass is 300 g/mol. The van der Waals surface area contributed by atoms with Gasteiger partial charge in [-0.25, -0.2) is 0 Å².